The maximum atomic E-state index is 12.4. The Morgan fingerprint density at radius 2 is 1.70 bits per heavy atom. The van der Waals surface area contributed by atoms with Gasteiger partial charge in [-0.05, 0) is 43.5 Å². The van der Waals surface area contributed by atoms with Gasteiger partial charge in [-0.25, -0.2) is 0 Å². The molecule has 0 heterocycles. The number of amides is 2. The average Bonchev–Trinajstić information content (AvgIpc) is 2.56. The van der Waals surface area contributed by atoms with Crippen molar-refractivity contribution < 1.29 is 9.59 Å². The Morgan fingerprint density at radius 3 is 2.39 bits per heavy atom. The lowest BCUT2D eigenvalue weighted by Gasteiger charge is -2.16. The molecule has 23 heavy (non-hydrogen) atoms. The molecule has 120 valence electrons. The summed E-state index contributed by atoms with van der Waals surface area (Å²) in [6, 6.07) is 14.4. The first-order valence-electron chi connectivity index (χ1n) is 7.78. The number of para-hydroxylation sites is 1. The van der Waals surface area contributed by atoms with E-state index in [1.807, 2.05) is 56.3 Å². The van der Waals surface area contributed by atoms with E-state index in [1.165, 1.54) is 0 Å². The minimum atomic E-state index is -0.619. The molecule has 0 aromatic heterocycles. The van der Waals surface area contributed by atoms with Crippen LogP contribution in [0, 0.1) is 6.92 Å². The quantitative estimate of drug-likeness (QED) is 0.890. The molecule has 1 unspecified atom stereocenters. The van der Waals surface area contributed by atoms with Gasteiger partial charge in [-0.15, -0.1) is 0 Å². The van der Waals surface area contributed by atoms with Crippen molar-refractivity contribution in [2.24, 2.45) is 0 Å². The molecule has 2 N–H and O–H groups in total. The van der Waals surface area contributed by atoms with Gasteiger partial charge in [-0.2, -0.15) is 0 Å². The number of rotatable bonds is 5. The summed E-state index contributed by atoms with van der Waals surface area (Å²) in [5.41, 5.74) is 3.32. The van der Waals surface area contributed by atoms with Gasteiger partial charge < -0.3 is 10.6 Å². The molecule has 1 atom stereocenters. The van der Waals surface area contributed by atoms with Crippen LogP contribution >= 0.6 is 0 Å². The molecule has 0 fully saturated rings. The summed E-state index contributed by atoms with van der Waals surface area (Å²) >= 11 is 0. The largest absolute Gasteiger partial charge is 0.341 e. The Hall–Kier alpha value is -2.62. The Labute approximate surface area is 136 Å². The van der Waals surface area contributed by atoms with Crippen LogP contribution in [0.4, 0.5) is 5.69 Å². The number of carbonyl (C=O) groups excluding carboxylic acids is 2. The first-order chi connectivity index (χ1) is 11.0. The Balaban J connectivity index is 2.03. The highest BCUT2D eigenvalue weighted by atomic mass is 16.2. The van der Waals surface area contributed by atoms with Gasteiger partial charge in [0.25, 0.3) is 5.91 Å². The van der Waals surface area contributed by atoms with Gasteiger partial charge in [-0.1, -0.05) is 43.3 Å². The van der Waals surface area contributed by atoms with E-state index in [4.69, 9.17) is 0 Å². The van der Waals surface area contributed by atoms with Gasteiger partial charge >= 0.3 is 0 Å². The predicted molar refractivity (Wildman–Crippen MR) is 92.6 cm³/mol. The second-order valence-corrected chi connectivity index (χ2v) is 5.51. The van der Waals surface area contributed by atoms with Crippen molar-refractivity contribution in [3.05, 3.63) is 65.2 Å². The third kappa shape index (κ3) is 4.19. The first-order valence-corrected chi connectivity index (χ1v) is 7.78. The van der Waals surface area contributed by atoms with E-state index in [1.54, 1.807) is 13.0 Å². The normalized spacial score (nSPS) is 11.6. The van der Waals surface area contributed by atoms with Crippen molar-refractivity contribution >= 4 is 17.5 Å². The molecule has 0 bridgehead atoms. The SMILES string of the molecule is CCc1ccccc1C(=O)NC(C)C(=O)Nc1ccccc1C. The molecule has 2 amide bonds. The summed E-state index contributed by atoms with van der Waals surface area (Å²) in [6.07, 6.45) is 0.771. The minimum Gasteiger partial charge on any atom is -0.341 e. The number of nitrogens with one attached hydrogen (secondary N) is 2. The molecule has 0 saturated carbocycles. The summed E-state index contributed by atoms with van der Waals surface area (Å²) in [7, 11) is 0. The zero-order valence-electron chi connectivity index (χ0n) is 13.7. The molecule has 2 aromatic carbocycles. The smallest absolute Gasteiger partial charge is 0.252 e. The summed E-state index contributed by atoms with van der Waals surface area (Å²) in [5, 5.41) is 5.60. The minimum absolute atomic E-state index is 0.227. The molecule has 4 nitrogen and oxygen atoms in total. The number of aryl methyl sites for hydroxylation is 2. The van der Waals surface area contributed by atoms with E-state index in [0.717, 1.165) is 23.2 Å². The summed E-state index contributed by atoms with van der Waals surface area (Å²) < 4.78 is 0. The van der Waals surface area contributed by atoms with Crippen molar-refractivity contribution in [1.29, 1.82) is 0 Å². The number of carbonyl (C=O) groups is 2. The molecular weight excluding hydrogens is 288 g/mol. The van der Waals surface area contributed by atoms with Crippen molar-refractivity contribution in [2.45, 2.75) is 33.2 Å². The first kappa shape index (κ1) is 16.7. The van der Waals surface area contributed by atoms with Crippen LogP contribution in [0.2, 0.25) is 0 Å². The van der Waals surface area contributed by atoms with E-state index in [2.05, 4.69) is 10.6 Å². The molecule has 2 rings (SSSR count). The average molecular weight is 310 g/mol. The molecule has 0 radical (unpaired) electrons. The van der Waals surface area contributed by atoms with Crippen molar-refractivity contribution in [1.82, 2.24) is 5.32 Å². The van der Waals surface area contributed by atoms with Crippen LogP contribution < -0.4 is 10.6 Å². The van der Waals surface area contributed by atoms with Gasteiger partial charge in [0.2, 0.25) is 5.91 Å². The second-order valence-electron chi connectivity index (χ2n) is 5.51. The Bertz CT molecular complexity index is 710. The fourth-order valence-electron chi connectivity index (χ4n) is 2.34. The van der Waals surface area contributed by atoms with Crippen LogP contribution in [-0.2, 0) is 11.2 Å². The monoisotopic (exact) mass is 310 g/mol. The van der Waals surface area contributed by atoms with E-state index < -0.39 is 6.04 Å². The molecular formula is C19H22N2O2. The third-order valence-corrected chi connectivity index (χ3v) is 3.79. The maximum Gasteiger partial charge on any atom is 0.252 e. The number of benzene rings is 2. The lowest BCUT2D eigenvalue weighted by atomic mass is 10.0. The van der Waals surface area contributed by atoms with Gasteiger partial charge in [0, 0.05) is 11.3 Å². The molecule has 0 aliphatic carbocycles. The molecule has 2 aromatic rings. The fourth-order valence-corrected chi connectivity index (χ4v) is 2.34. The number of hydrogen-bond acceptors (Lipinski definition) is 2. The van der Waals surface area contributed by atoms with Crippen LogP contribution in [0.5, 0.6) is 0 Å². The molecule has 0 spiro atoms. The Kier molecular flexibility index (Phi) is 5.52. The second kappa shape index (κ2) is 7.58. The Morgan fingerprint density at radius 1 is 1.04 bits per heavy atom. The van der Waals surface area contributed by atoms with Crippen molar-refractivity contribution in [3.63, 3.8) is 0 Å². The lowest BCUT2D eigenvalue weighted by Crippen LogP contribution is -2.42. The lowest BCUT2D eigenvalue weighted by molar-refractivity contribution is -0.117. The van der Waals surface area contributed by atoms with Crippen molar-refractivity contribution in [2.75, 3.05) is 5.32 Å². The molecule has 4 heteroatoms. The molecule has 0 saturated heterocycles. The standard InChI is InChI=1S/C19H22N2O2/c1-4-15-10-6-7-11-16(15)19(23)20-14(3)18(22)21-17-12-8-5-9-13(17)2/h5-12,14H,4H2,1-3H3,(H,20,23)(H,21,22). The van der Waals surface area contributed by atoms with Crippen LogP contribution in [0.25, 0.3) is 0 Å². The van der Waals surface area contributed by atoms with E-state index in [9.17, 15) is 9.59 Å². The number of anilines is 1. The fraction of sp³-hybridized carbons (Fsp3) is 0.263. The van der Waals surface area contributed by atoms with E-state index in [-0.39, 0.29) is 11.8 Å². The molecule has 0 aliphatic rings. The van der Waals surface area contributed by atoms with Crippen LogP contribution in [0.15, 0.2) is 48.5 Å². The van der Waals surface area contributed by atoms with Crippen LogP contribution in [0.3, 0.4) is 0 Å². The van der Waals surface area contributed by atoms with Gasteiger partial charge in [0.1, 0.15) is 6.04 Å². The van der Waals surface area contributed by atoms with Crippen molar-refractivity contribution in [3.8, 4) is 0 Å². The van der Waals surface area contributed by atoms with Gasteiger partial charge in [0.05, 0.1) is 0 Å². The highest BCUT2D eigenvalue weighted by Crippen LogP contribution is 2.14. The maximum absolute atomic E-state index is 12.4. The van der Waals surface area contributed by atoms with E-state index in [0.29, 0.717) is 5.56 Å². The van der Waals surface area contributed by atoms with Crippen LogP contribution in [-0.4, -0.2) is 17.9 Å². The third-order valence-electron chi connectivity index (χ3n) is 3.79. The summed E-state index contributed by atoms with van der Waals surface area (Å²) in [4.78, 5) is 24.6. The zero-order valence-corrected chi connectivity index (χ0v) is 13.7. The zero-order chi connectivity index (χ0) is 16.8. The predicted octanol–water partition coefficient (Wildman–Crippen LogP) is 3.31. The van der Waals surface area contributed by atoms with E-state index >= 15 is 0 Å². The highest BCUT2D eigenvalue weighted by Gasteiger charge is 2.18. The van der Waals surface area contributed by atoms with Gasteiger partial charge in [0.15, 0.2) is 0 Å². The molecule has 0 aliphatic heterocycles. The summed E-state index contributed by atoms with van der Waals surface area (Å²) in [5.74, 6) is -0.462. The summed E-state index contributed by atoms with van der Waals surface area (Å²) in [6.45, 7) is 5.61. The number of hydrogen-bond donors (Lipinski definition) is 2. The van der Waals surface area contributed by atoms with Gasteiger partial charge in [-0.3, -0.25) is 9.59 Å². The topological polar surface area (TPSA) is 58.2 Å². The van der Waals surface area contributed by atoms with Crippen LogP contribution in [0.1, 0.15) is 35.3 Å². The highest BCUT2D eigenvalue weighted by molar-refractivity contribution is 6.01.